The van der Waals surface area contributed by atoms with Gasteiger partial charge in [-0.15, -0.1) is 12.4 Å². The lowest BCUT2D eigenvalue weighted by molar-refractivity contribution is -0.135. The van der Waals surface area contributed by atoms with Gasteiger partial charge in [0, 0.05) is 26.1 Å². The lowest BCUT2D eigenvalue weighted by Crippen LogP contribution is -2.53. The molecule has 2 N–H and O–H groups in total. The fraction of sp³-hybridized carbons (Fsp3) is 0.917. The number of likely N-dealkylation sites (tertiary alicyclic amines) is 1. The van der Waals surface area contributed by atoms with Crippen molar-refractivity contribution in [2.24, 2.45) is 11.7 Å². The molecule has 1 aliphatic carbocycles. The van der Waals surface area contributed by atoms with Gasteiger partial charge in [0.2, 0.25) is 5.91 Å². The largest absolute Gasteiger partial charge is 0.384 e. The molecule has 0 aromatic heterocycles. The highest BCUT2D eigenvalue weighted by Gasteiger charge is 2.41. The first-order valence-electron chi connectivity index (χ1n) is 6.23. The van der Waals surface area contributed by atoms with Crippen molar-refractivity contribution in [1.29, 1.82) is 0 Å². The van der Waals surface area contributed by atoms with Crippen LogP contribution in [0.2, 0.25) is 0 Å². The summed E-state index contributed by atoms with van der Waals surface area (Å²) in [4.78, 5) is 14.2. The lowest BCUT2D eigenvalue weighted by atomic mass is 9.97. The van der Waals surface area contributed by atoms with Gasteiger partial charge in [0.25, 0.3) is 0 Å². The standard InChI is InChI=1S/C12H22N2O2.ClH/c1-16-9-10-4-7-14(8-10)11(15)12(13)5-2-3-6-12;/h10H,2-9,13H2,1H3;1H. The fourth-order valence-corrected chi connectivity index (χ4v) is 2.92. The summed E-state index contributed by atoms with van der Waals surface area (Å²) in [7, 11) is 1.71. The number of hydrogen-bond donors (Lipinski definition) is 1. The summed E-state index contributed by atoms with van der Waals surface area (Å²) in [5.41, 5.74) is 5.63. The molecule has 1 heterocycles. The van der Waals surface area contributed by atoms with Crippen LogP contribution in [0.25, 0.3) is 0 Å². The molecule has 0 aromatic rings. The molecule has 2 fully saturated rings. The van der Waals surface area contributed by atoms with Crippen molar-refractivity contribution in [3.05, 3.63) is 0 Å². The molecule has 1 saturated carbocycles. The summed E-state index contributed by atoms with van der Waals surface area (Å²) in [5.74, 6) is 0.669. The minimum Gasteiger partial charge on any atom is -0.384 e. The normalized spacial score (nSPS) is 26.9. The van der Waals surface area contributed by atoms with Crippen LogP contribution in [0.3, 0.4) is 0 Å². The molecule has 2 rings (SSSR count). The van der Waals surface area contributed by atoms with Gasteiger partial charge in [-0.25, -0.2) is 0 Å². The van der Waals surface area contributed by atoms with E-state index in [0.29, 0.717) is 5.92 Å². The molecule has 0 aromatic carbocycles. The summed E-state index contributed by atoms with van der Waals surface area (Å²) in [5, 5.41) is 0. The van der Waals surface area contributed by atoms with E-state index in [1.807, 2.05) is 4.90 Å². The number of amides is 1. The van der Waals surface area contributed by atoms with Crippen LogP contribution in [0.4, 0.5) is 0 Å². The number of carbonyl (C=O) groups excluding carboxylic acids is 1. The quantitative estimate of drug-likeness (QED) is 0.831. The third kappa shape index (κ3) is 3.12. The van der Waals surface area contributed by atoms with E-state index in [1.54, 1.807) is 7.11 Å². The van der Waals surface area contributed by atoms with Crippen LogP contribution in [-0.2, 0) is 9.53 Å². The Kier molecular flexibility index (Phi) is 5.22. The molecule has 17 heavy (non-hydrogen) atoms. The molecule has 1 saturated heterocycles. The molecular formula is C12H23ClN2O2. The Morgan fingerprint density at radius 2 is 2.12 bits per heavy atom. The Morgan fingerprint density at radius 3 is 2.71 bits per heavy atom. The second-order valence-corrected chi connectivity index (χ2v) is 5.22. The minimum atomic E-state index is -0.554. The van der Waals surface area contributed by atoms with E-state index in [9.17, 15) is 4.79 Å². The van der Waals surface area contributed by atoms with E-state index >= 15 is 0 Å². The van der Waals surface area contributed by atoms with Crippen molar-refractivity contribution in [1.82, 2.24) is 4.90 Å². The van der Waals surface area contributed by atoms with Gasteiger partial charge in [-0.1, -0.05) is 12.8 Å². The SMILES string of the molecule is COCC1CCN(C(=O)C2(N)CCCC2)C1.Cl. The predicted octanol–water partition coefficient (Wildman–Crippen LogP) is 1.17. The van der Waals surface area contributed by atoms with Gasteiger partial charge in [0.15, 0.2) is 0 Å². The zero-order valence-corrected chi connectivity index (χ0v) is 11.3. The topological polar surface area (TPSA) is 55.6 Å². The molecule has 0 bridgehead atoms. The molecule has 0 radical (unpaired) electrons. The highest BCUT2D eigenvalue weighted by Crippen LogP contribution is 2.30. The van der Waals surface area contributed by atoms with Crippen molar-refractivity contribution in [2.45, 2.75) is 37.6 Å². The van der Waals surface area contributed by atoms with Gasteiger partial charge < -0.3 is 15.4 Å². The predicted molar refractivity (Wildman–Crippen MR) is 69.2 cm³/mol. The monoisotopic (exact) mass is 262 g/mol. The van der Waals surface area contributed by atoms with Crippen molar-refractivity contribution in [3.8, 4) is 0 Å². The molecule has 1 unspecified atom stereocenters. The van der Waals surface area contributed by atoms with Crippen LogP contribution in [0.15, 0.2) is 0 Å². The number of nitrogens with two attached hydrogens (primary N) is 1. The number of halogens is 1. The minimum absolute atomic E-state index is 0. The van der Waals surface area contributed by atoms with Crippen LogP contribution in [-0.4, -0.2) is 43.2 Å². The maximum absolute atomic E-state index is 12.3. The van der Waals surface area contributed by atoms with Gasteiger partial charge >= 0.3 is 0 Å². The lowest BCUT2D eigenvalue weighted by Gasteiger charge is -2.28. The molecule has 4 nitrogen and oxygen atoms in total. The third-order valence-corrected chi connectivity index (χ3v) is 3.90. The Hall–Kier alpha value is -0.320. The van der Waals surface area contributed by atoms with Crippen molar-refractivity contribution >= 4 is 18.3 Å². The van der Waals surface area contributed by atoms with Gasteiger partial charge in [-0.05, 0) is 19.3 Å². The van der Waals surface area contributed by atoms with Crippen molar-refractivity contribution in [2.75, 3.05) is 26.8 Å². The fourth-order valence-electron chi connectivity index (χ4n) is 2.92. The molecule has 1 amide bonds. The first kappa shape index (κ1) is 14.7. The highest BCUT2D eigenvalue weighted by molar-refractivity contribution is 5.86. The maximum atomic E-state index is 12.3. The number of methoxy groups -OCH3 is 1. The zero-order chi connectivity index (χ0) is 11.6. The summed E-state index contributed by atoms with van der Waals surface area (Å²) in [6.07, 6.45) is 4.96. The molecule has 1 aliphatic heterocycles. The molecule has 2 aliphatic rings. The van der Waals surface area contributed by atoms with E-state index in [4.69, 9.17) is 10.5 Å². The molecule has 5 heteroatoms. The highest BCUT2D eigenvalue weighted by atomic mass is 35.5. The maximum Gasteiger partial charge on any atom is 0.242 e. The first-order chi connectivity index (χ1) is 7.65. The average molecular weight is 263 g/mol. The van der Waals surface area contributed by atoms with Gasteiger partial charge in [0.05, 0.1) is 12.1 Å². The Labute approximate surface area is 109 Å². The van der Waals surface area contributed by atoms with E-state index in [0.717, 1.165) is 51.8 Å². The van der Waals surface area contributed by atoms with Gasteiger partial charge in [-0.3, -0.25) is 4.79 Å². The van der Waals surface area contributed by atoms with Crippen LogP contribution in [0.5, 0.6) is 0 Å². The number of rotatable bonds is 3. The van der Waals surface area contributed by atoms with E-state index in [1.165, 1.54) is 0 Å². The molecule has 1 atom stereocenters. The van der Waals surface area contributed by atoms with Crippen LogP contribution in [0.1, 0.15) is 32.1 Å². The van der Waals surface area contributed by atoms with Crippen LogP contribution < -0.4 is 5.73 Å². The smallest absolute Gasteiger partial charge is 0.242 e. The van der Waals surface area contributed by atoms with Crippen molar-refractivity contribution in [3.63, 3.8) is 0 Å². The van der Waals surface area contributed by atoms with Crippen LogP contribution >= 0.6 is 12.4 Å². The number of hydrogen-bond acceptors (Lipinski definition) is 3. The second kappa shape index (κ2) is 6.03. The van der Waals surface area contributed by atoms with Crippen LogP contribution in [0, 0.1) is 5.92 Å². The average Bonchev–Trinajstić information content (AvgIpc) is 2.88. The summed E-state index contributed by atoms with van der Waals surface area (Å²) < 4.78 is 5.14. The Bertz CT molecular complexity index is 267. The summed E-state index contributed by atoms with van der Waals surface area (Å²) in [6.45, 7) is 2.43. The van der Waals surface area contributed by atoms with Gasteiger partial charge in [-0.2, -0.15) is 0 Å². The summed E-state index contributed by atoms with van der Waals surface area (Å²) in [6, 6.07) is 0. The zero-order valence-electron chi connectivity index (χ0n) is 10.5. The molecular weight excluding hydrogens is 240 g/mol. The Balaban J connectivity index is 0.00000144. The van der Waals surface area contributed by atoms with Gasteiger partial charge in [0.1, 0.15) is 0 Å². The Morgan fingerprint density at radius 1 is 1.47 bits per heavy atom. The molecule has 0 spiro atoms. The summed E-state index contributed by atoms with van der Waals surface area (Å²) >= 11 is 0. The van der Waals surface area contributed by atoms with E-state index < -0.39 is 5.54 Å². The third-order valence-electron chi connectivity index (χ3n) is 3.90. The number of nitrogens with zero attached hydrogens (tertiary/aromatic N) is 1. The number of ether oxygens (including phenoxy) is 1. The van der Waals surface area contributed by atoms with Crippen molar-refractivity contribution < 1.29 is 9.53 Å². The number of carbonyl (C=O) groups is 1. The van der Waals surface area contributed by atoms with E-state index in [2.05, 4.69) is 0 Å². The van der Waals surface area contributed by atoms with E-state index in [-0.39, 0.29) is 18.3 Å². The second-order valence-electron chi connectivity index (χ2n) is 5.22. The molecule has 100 valence electrons. The first-order valence-corrected chi connectivity index (χ1v) is 6.23.